The van der Waals surface area contributed by atoms with E-state index in [1.54, 1.807) is 6.92 Å². The van der Waals surface area contributed by atoms with Crippen molar-refractivity contribution >= 4 is 10.0 Å². The van der Waals surface area contributed by atoms with Gasteiger partial charge >= 0.3 is 6.18 Å². The molecule has 0 radical (unpaired) electrons. The Balaban J connectivity index is 2.22. The molecule has 0 unspecified atom stereocenters. The number of aryl methyl sites for hydroxylation is 1. The lowest BCUT2D eigenvalue weighted by Gasteiger charge is -2.09. The Morgan fingerprint density at radius 1 is 1.33 bits per heavy atom. The van der Waals surface area contributed by atoms with Gasteiger partial charge in [-0.2, -0.15) is 13.2 Å². The minimum atomic E-state index is -4.65. The van der Waals surface area contributed by atoms with Crippen LogP contribution in [0, 0.1) is 6.92 Å². The van der Waals surface area contributed by atoms with Crippen molar-refractivity contribution in [3.05, 3.63) is 35.3 Å². The molecule has 1 N–H and O–H groups in total. The molecule has 0 amide bonds. The molecule has 0 fully saturated rings. The largest absolute Gasteiger partial charge is 0.416 e. The number of alkyl halides is 3. The van der Waals surface area contributed by atoms with Crippen molar-refractivity contribution in [1.29, 1.82) is 0 Å². The number of nitrogens with one attached hydrogen (secondary N) is 1. The van der Waals surface area contributed by atoms with E-state index in [9.17, 15) is 21.6 Å². The molecule has 11 heteroatoms. The summed E-state index contributed by atoms with van der Waals surface area (Å²) >= 11 is 0. The first-order valence-electron chi connectivity index (χ1n) is 5.51. The summed E-state index contributed by atoms with van der Waals surface area (Å²) in [6.07, 6.45) is -3.87. The van der Waals surface area contributed by atoms with Crippen molar-refractivity contribution in [3.63, 3.8) is 0 Å². The van der Waals surface area contributed by atoms with Crippen molar-refractivity contribution in [1.82, 2.24) is 20.0 Å². The summed E-state index contributed by atoms with van der Waals surface area (Å²) in [5.41, 5.74) is -0.502. The van der Waals surface area contributed by atoms with E-state index in [2.05, 4.69) is 24.6 Å². The molecule has 7 nitrogen and oxygen atoms in total. The molecular weight excluding hydrogens is 313 g/mol. The molecule has 21 heavy (non-hydrogen) atoms. The number of pyridine rings is 1. The number of nitrogens with zero attached hydrogens (tertiary/aromatic N) is 3. The molecule has 0 atom stereocenters. The summed E-state index contributed by atoms with van der Waals surface area (Å²) < 4.78 is 67.9. The molecular formula is C10H9F3N4O3S. The van der Waals surface area contributed by atoms with Gasteiger partial charge in [0.15, 0.2) is 5.03 Å². The van der Waals surface area contributed by atoms with Crippen LogP contribution in [0.5, 0.6) is 0 Å². The molecule has 0 saturated carbocycles. The molecule has 114 valence electrons. The molecule has 0 spiro atoms. The quantitative estimate of drug-likeness (QED) is 0.910. The van der Waals surface area contributed by atoms with Gasteiger partial charge in [0.05, 0.1) is 12.1 Å². The maximum absolute atomic E-state index is 12.5. The van der Waals surface area contributed by atoms with Crippen LogP contribution in [0.2, 0.25) is 0 Å². The van der Waals surface area contributed by atoms with Crippen molar-refractivity contribution in [2.45, 2.75) is 24.7 Å². The standard InChI is InChI=1S/C10H9F3N4O3S/c1-6-8(17-20-16-6)5-15-21(18,19)9-4-7(2-3-14-9)10(11,12)13/h2-4,15H,5H2,1H3. The lowest BCUT2D eigenvalue weighted by atomic mass is 10.3. The van der Waals surface area contributed by atoms with Crippen LogP contribution in [0.4, 0.5) is 13.2 Å². The monoisotopic (exact) mass is 322 g/mol. The maximum Gasteiger partial charge on any atom is 0.416 e. The van der Waals surface area contributed by atoms with Crippen molar-refractivity contribution in [2.75, 3.05) is 0 Å². The maximum atomic E-state index is 12.5. The van der Waals surface area contributed by atoms with Gasteiger partial charge in [-0.15, -0.1) is 0 Å². The van der Waals surface area contributed by atoms with Crippen molar-refractivity contribution < 1.29 is 26.2 Å². The summed E-state index contributed by atoms with van der Waals surface area (Å²) in [4.78, 5) is 3.44. The molecule has 0 aliphatic carbocycles. The Bertz CT molecular complexity index is 742. The zero-order chi connectivity index (χ0) is 15.7. The summed E-state index contributed by atoms with van der Waals surface area (Å²) in [5, 5.41) is 6.18. The molecule has 0 saturated heterocycles. The van der Waals surface area contributed by atoms with Crippen molar-refractivity contribution in [3.8, 4) is 0 Å². The zero-order valence-corrected chi connectivity index (χ0v) is 11.4. The predicted molar refractivity (Wildman–Crippen MR) is 62.3 cm³/mol. The smallest absolute Gasteiger partial charge is 0.244 e. The number of hydrogen-bond acceptors (Lipinski definition) is 6. The highest BCUT2D eigenvalue weighted by molar-refractivity contribution is 7.89. The number of aromatic nitrogens is 3. The van der Waals surface area contributed by atoms with E-state index in [-0.39, 0.29) is 12.2 Å². The molecule has 0 aliphatic heterocycles. The predicted octanol–water partition coefficient (Wildman–Crippen LogP) is 1.27. The first kappa shape index (κ1) is 15.4. The van der Waals surface area contributed by atoms with Crippen LogP contribution in [-0.2, 0) is 22.7 Å². The third-order valence-corrected chi connectivity index (χ3v) is 3.81. The van der Waals surface area contributed by atoms with E-state index in [1.807, 2.05) is 0 Å². The average Bonchev–Trinajstić information content (AvgIpc) is 2.81. The van der Waals surface area contributed by atoms with Gasteiger partial charge in [0.25, 0.3) is 10.0 Å². The third kappa shape index (κ3) is 3.55. The molecule has 0 aromatic carbocycles. The van der Waals surface area contributed by atoms with E-state index < -0.39 is 26.8 Å². The van der Waals surface area contributed by atoms with Crippen LogP contribution in [0.3, 0.4) is 0 Å². The Morgan fingerprint density at radius 3 is 2.62 bits per heavy atom. The molecule has 2 heterocycles. The first-order chi connectivity index (χ1) is 9.70. The SMILES string of the molecule is Cc1nonc1CNS(=O)(=O)c1cc(C(F)(F)F)ccn1. The number of sulfonamides is 1. The Labute approximate surface area is 117 Å². The fourth-order valence-electron chi connectivity index (χ4n) is 1.38. The topological polar surface area (TPSA) is 98.0 Å². The van der Waals surface area contributed by atoms with Crippen LogP contribution < -0.4 is 4.72 Å². The van der Waals surface area contributed by atoms with Gasteiger partial charge in [0.2, 0.25) is 0 Å². The molecule has 0 aliphatic rings. The summed E-state index contributed by atoms with van der Waals surface area (Å²) in [6.45, 7) is 1.28. The number of halogens is 3. The second-order valence-corrected chi connectivity index (χ2v) is 5.72. The minimum absolute atomic E-state index is 0.227. The second kappa shape index (κ2) is 5.41. The van der Waals surface area contributed by atoms with Gasteiger partial charge in [-0.3, -0.25) is 0 Å². The summed E-state index contributed by atoms with van der Waals surface area (Å²) in [5.74, 6) is 0. The van der Waals surface area contributed by atoms with Crippen LogP contribution in [0.15, 0.2) is 28.0 Å². The summed E-state index contributed by atoms with van der Waals surface area (Å²) in [7, 11) is -4.21. The van der Waals surface area contributed by atoms with Crippen molar-refractivity contribution in [2.24, 2.45) is 0 Å². The molecule has 2 rings (SSSR count). The number of rotatable bonds is 4. The van der Waals surface area contributed by atoms with Gasteiger partial charge in [-0.05, 0) is 19.1 Å². The van der Waals surface area contributed by atoms with E-state index in [0.29, 0.717) is 17.8 Å². The molecule has 0 bridgehead atoms. The third-order valence-electron chi connectivity index (χ3n) is 2.51. The van der Waals surface area contributed by atoms with Crippen LogP contribution in [0.1, 0.15) is 17.0 Å². The second-order valence-electron chi connectivity index (χ2n) is 4.00. The average molecular weight is 322 g/mol. The van der Waals surface area contributed by atoms with E-state index in [0.717, 1.165) is 6.20 Å². The highest BCUT2D eigenvalue weighted by Crippen LogP contribution is 2.29. The van der Waals surface area contributed by atoms with Gasteiger partial charge in [0, 0.05) is 6.20 Å². The normalized spacial score (nSPS) is 12.6. The van der Waals surface area contributed by atoms with Crippen LogP contribution in [-0.4, -0.2) is 23.7 Å². The molecule has 2 aromatic rings. The highest BCUT2D eigenvalue weighted by atomic mass is 32.2. The van der Waals surface area contributed by atoms with Gasteiger partial charge in [0.1, 0.15) is 11.4 Å². The highest BCUT2D eigenvalue weighted by Gasteiger charge is 2.32. The van der Waals surface area contributed by atoms with Gasteiger partial charge in [-0.25, -0.2) is 22.8 Å². The lowest BCUT2D eigenvalue weighted by Crippen LogP contribution is -2.25. The fraction of sp³-hybridized carbons (Fsp3) is 0.300. The molecule has 2 aromatic heterocycles. The minimum Gasteiger partial charge on any atom is -0.244 e. The van der Waals surface area contributed by atoms with Crippen LogP contribution in [0.25, 0.3) is 0 Å². The Morgan fingerprint density at radius 2 is 2.05 bits per heavy atom. The van der Waals surface area contributed by atoms with E-state index in [4.69, 9.17) is 0 Å². The summed E-state index contributed by atoms with van der Waals surface area (Å²) in [6, 6.07) is 1.14. The Hall–Kier alpha value is -2.01. The fourth-order valence-corrected chi connectivity index (χ4v) is 2.34. The van der Waals surface area contributed by atoms with E-state index >= 15 is 0 Å². The zero-order valence-electron chi connectivity index (χ0n) is 10.5. The lowest BCUT2D eigenvalue weighted by molar-refractivity contribution is -0.137. The van der Waals surface area contributed by atoms with E-state index in [1.165, 1.54) is 0 Å². The van der Waals surface area contributed by atoms with Crippen LogP contribution >= 0.6 is 0 Å². The number of hydrogen-bond donors (Lipinski definition) is 1. The Kier molecular flexibility index (Phi) is 3.96. The van der Waals surface area contributed by atoms with Gasteiger partial charge in [-0.1, -0.05) is 10.3 Å². The van der Waals surface area contributed by atoms with Gasteiger partial charge < -0.3 is 0 Å². The first-order valence-corrected chi connectivity index (χ1v) is 6.99.